The molecule has 0 amide bonds. The molecule has 7 atom stereocenters. The fraction of sp³-hybridized carbons (Fsp3) is 0.682. The summed E-state index contributed by atoms with van der Waals surface area (Å²) in [6.45, 7) is 10.7. The van der Waals surface area contributed by atoms with E-state index in [0.29, 0.717) is 0 Å². The van der Waals surface area contributed by atoms with Crippen LogP contribution < -0.4 is 0 Å². The summed E-state index contributed by atoms with van der Waals surface area (Å²) in [5.41, 5.74) is -0.463. The fourth-order valence-electron chi connectivity index (χ4n) is 4.45. The fourth-order valence-corrected chi connectivity index (χ4v) is 4.45. The van der Waals surface area contributed by atoms with Crippen molar-refractivity contribution in [2.45, 2.75) is 82.6 Å². The summed E-state index contributed by atoms with van der Waals surface area (Å²) in [5.74, 6) is -1.96. The molecule has 4 aliphatic rings. The number of allylic oxidation sites excluding steroid dienone is 1. The molecule has 1 aliphatic carbocycles. The summed E-state index contributed by atoms with van der Waals surface area (Å²) in [6, 6.07) is 0. The normalized spacial score (nSPS) is 44.0. The van der Waals surface area contributed by atoms with Crippen LogP contribution in [-0.4, -0.2) is 60.1 Å². The van der Waals surface area contributed by atoms with Crippen LogP contribution in [0.1, 0.15) is 47.0 Å². The van der Waals surface area contributed by atoms with E-state index in [1.807, 2.05) is 13.0 Å². The number of esters is 3. The number of fused-ring (bicyclic) bond motifs is 2. The minimum absolute atomic E-state index is 0.0622. The minimum atomic E-state index is -1.01. The van der Waals surface area contributed by atoms with Gasteiger partial charge in [0.2, 0.25) is 0 Å². The Morgan fingerprint density at radius 1 is 1.33 bits per heavy atom. The summed E-state index contributed by atoms with van der Waals surface area (Å²) in [7, 11) is 0. The van der Waals surface area contributed by atoms with Crippen LogP contribution >= 0.6 is 0 Å². The van der Waals surface area contributed by atoms with Crippen molar-refractivity contribution in [3.8, 4) is 0 Å². The predicted octanol–water partition coefficient (Wildman–Crippen LogP) is 2.00. The average molecular weight is 420 g/mol. The van der Waals surface area contributed by atoms with Crippen LogP contribution in [-0.2, 0) is 38.1 Å². The Hall–Kier alpha value is -2.19. The molecular weight excluding hydrogens is 392 g/mol. The number of carbonyl (C=O) groups is 3. The van der Waals surface area contributed by atoms with E-state index in [0.717, 1.165) is 18.4 Å². The lowest BCUT2D eigenvalue weighted by molar-refractivity contribution is -0.160. The lowest BCUT2D eigenvalue weighted by atomic mass is 9.82. The quantitative estimate of drug-likeness (QED) is 0.224. The van der Waals surface area contributed by atoms with Crippen LogP contribution in [0.4, 0.5) is 0 Å². The van der Waals surface area contributed by atoms with Crippen molar-refractivity contribution in [1.82, 2.24) is 0 Å². The van der Waals surface area contributed by atoms with Gasteiger partial charge >= 0.3 is 17.9 Å². The number of rotatable bonds is 4. The van der Waals surface area contributed by atoms with E-state index in [1.165, 1.54) is 6.92 Å². The van der Waals surface area contributed by atoms with Crippen molar-refractivity contribution in [2.24, 2.45) is 5.92 Å². The summed E-state index contributed by atoms with van der Waals surface area (Å²) < 4.78 is 28.1. The van der Waals surface area contributed by atoms with E-state index >= 15 is 0 Å². The molecule has 3 fully saturated rings. The molecule has 0 spiro atoms. The van der Waals surface area contributed by atoms with Crippen LogP contribution in [0.2, 0.25) is 0 Å². The van der Waals surface area contributed by atoms with Gasteiger partial charge < -0.3 is 23.7 Å². The standard InChI is InChI=1S/C22H28O8/c1-11-6-7-17-22(30-17,10-26-14(4)23)9-16(28-20(25)21(5)13(3)29-21)18-12(2)19(24)27-15(18)8-11/h8,13,15-18H,2,6-7,9-10H2,1,3-5H3/b11-8-/t13?,15-,16-,17-,18+,21?,22+/m1/s1. The first-order valence-corrected chi connectivity index (χ1v) is 10.3. The second-order valence-corrected chi connectivity index (χ2v) is 8.94. The van der Waals surface area contributed by atoms with Crippen molar-refractivity contribution in [3.63, 3.8) is 0 Å². The first kappa shape index (κ1) is 21.1. The molecule has 4 rings (SSSR count). The lowest BCUT2D eigenvalue weighted by Gasteiger charge is -2.29. The first-order chi connectivity index (χ1) is 14.1. The maximum Gasteiger partial charge on any atom is 0.341 e. The zero-order valence-electron chi connectivity index (χ0n) is 17.8. The Kier molecular flexibility index (Phi) is 5.05. The molecule has 8 nitrogen and oxygen atoms in total. The summed E-state index contributed by atoms with van der Waals surface area (Å²) in [4.78, 5) is 36.6. The molecule has 0 radical (unpaired) electrons. The third-order valence-corrected chi connectivity index (χ3v) is 6.69. The molecule has 3 heterocycles. The number of carbonyl (C=O) groups excluding carboxylic acids is 3. The Balaban J connectivity index is 1.66. The summed E-state index contributed by atoms with van der Waals surface area (Å²) in [6.07, 6.45) is 1.98. The summed E-state index contributed by atoms with van der Waals surface area (Å²) >= 11 is 0. The second-order valence-electron chi connectivity index (χ2n) is 8.94. The van der Waals surface area contributed by atoms with E-state index in [-0.39, 0.29) is 30.8 Å². The van der Waals surface area contributed by atoms with Crippen molar-refractivity contribution in [1.29, 1.82) is 0 Å². The molecule has 3 saturated heterocycles. The molecule has 0 saturated carbocycles. The molecule has 8 heteroatoms. The molecule has 2 unspecified atom stereocenters. The molecule has 0 N–H and O–H groups in total. The summed E-state index contributed by atoms with van der Waals surface area (Å²) in [5, 5.41) is 0. The third kappa shape index (κ3) is 3.67. The van der Waals surface area contributed by atoms with Gasteiger partial charge in [-0.25, -0.2) is 9.59 Å². The smallest absolute Gasteiger partial charge is 0.341 e. The van der Waals surface area contributed by atoms with Gasteiger partial charge in [-0.15, -0.1) is 0 Å². The molecule has 30 heavy (non-hydrogen) atoms. The molecule has 0 bridgehead atoms. The van der Waals surface area contributed by atoms with E-state index in [2.05, 4.69) is 6.58 Å². The van der Waals surface area contributed by atoms with Gasteiger partial charge in [0.05, 0.1) is 18.1 Å². The van der Waals surface area contributed by atoms with E-state index in [9.17, 15) is 14.4 Å². The maximum absolute atomic E-state index is 12.8. The maximum atomic E-state index is 12.8. The Morgan fingerprint density at radius 2 is 2.03 bits per heavy atom. The van der Waals surface area contributed by atoms with Crippen molar-refractivity contribution in [2.75, 3.05) is 6.61 Å². The highest BCUT2D eigenvalue weighted by molar-refractivity contribution is 5.91. The van der Waals surface area contributed by atoms with E-state index < -0.39 is 47.2 Å². The van der Waals surface area contributed by atoms with E-state index in [1.54, 1.807) is 13.8 Å². The van der Waals surface area contributed by atoms with Gasteiger partial charge in [-0.05, 0) is 39.7 Å². The molecule has 0 aromatic rings. The molecule has 0 aromatic heterocycles. The SMILES string of the molecule is C=C1C(=O)O[C@@H]2/C=C(/C)CC[C@H]3O[C@]3(COC(C)=O)C[C@@H](OC(=O)C3(C)OC3C)[C@@H]12. The number of hydrogen-bond acceptors (Lipinski definition) is 8. The van der Waals surface area contributed by atoms with Gasteiger partial charge in [-0.2, -0.15) is 0 Å². The van der Waals surface area contributed by atoms with Crippen molar-refractivity contribution >= 4 is 17.9 Å². The van der Waals surface area contributed by atoms with Gasteiger partial charge in [0.25, 0.3) is 0 Å². The van der Waals surface area contributed by atoms with Gasteiger partial charge in [0.15, 0.2) is 5.60 Å². The average Bonchev–Trinajstić information content (AvgIpc) is 3.50. The highest BCUT2D eigenvalue weighted by Gasteiger charge is 2.62. The van der Waals surface area contributed by atoms with Gasteiger partial charge in [-0.1, -0.05) is 12.2 Å². The van der Waals surface area contributed by atoms with Crippen LogP contribution in [0.5, 0.6) is 0 Å². The van der Waals surface area contributed by atoms with Gasteiger partial charge in [0, 0.05) is 18.9 Å². The molecular formula is C22H28O8. The minimum Gasteiger partial charge on any atom is -0.463 e. The zero-order chi connectivity index (χ0) is 21.8. The number of epoxide rings is 2. The number of hydrogen-bond donors (Lipinski definition) is 0. The third-order valence-electron chi connectivity index (χ3n) is 6.69. The number of ether oxygens (including phenoxy) is 5. The Bertz CT molecular complexity index is 831. The monoisotopic (exact) mass is 420 g/mol. The Morgan fingerprint density at radius 3 is 2.67 bits per heavy atom. The molecule has 3 aliphatic heterocycles. The van der Waals surface area contributed by atoms with Crippen molar-refractivity contribution in [3.05, 3.63) is 23.8 Å². The zero-order valence-corrected chi connectivity index (χ0v) is 17.8. The van der Waals surface area contributed by atoms with Crippen LogP contribution in [0.15, 0.2) is 23.8 Å². The molecule has 164 valence electrons. The topological polar surface area (TPSA) is 104 Å². The van der Waals surface area contributed by atoms with Crippen LogP contribution in [0.3, 0.4) is 0 Å². The first-order valence-electron chi connectivity index (χ1n) is 10.3. The highest BCUT2D eigenvalue weighted by Crippen LogP contribution is 2.49. The van der Waals surface area contributed by atoms with Gasteiger partial charge in [0.1, 0.15) is 24.4 Å². The lowest BCUT2D eigenvalue weighted by Crippen LogP contribution is -2.42. The predicted molar refractivity (Wildman–Crippen MR) is 103 cm³/mol. The van der Waals surface area contributed by atoms with Crippen LogP contribution in [0.25, 0.3) is 0 Å². The van der Waals surface area contributed by atoms with E-state index in [4.69, 9.17) is 23.7 Å². The largest absolute Gasteiger partial charge is 0.463 e. The van der Waals surface area contributed by atoms with Crippen LogP contribution in [0, 0.1) is 5.92 Å². The van der Waals surface area contributed by atoms with Gasteiger partial charge in [-0.3, -0.25) is 4.79 Å². The highest BCUT2D eigenvalue weighted by atomic mass is 16.7. The Labute approximate surface area is 175 Å². The van der Waals surface area contributed by atoms with Crippen molar-refractivity contribution < 1.29 is 38.1 Å². The molecule has 0 aromatic carbocycles. The second kappa shape index (κ2) is 7.20.